The van der Waals surface area contributed by atoms with Crippen molar-refractivity contribution < 1.29 is 23.8 Å². The number of nitrogens with zero attached hydrogens (tertiary/aromatic N) is 1. The molecule has 2 aliphatic rings. The number of benzene rings is 2. The number of halogens is 2. The second-order valence-electron chi connectivity index (χ2n) is 10.5. The van der Waals surface area contributed by atoms with Crippen LogP contribution in [0.4, 0.5) is 10.1 Å². The van der Waals surface area contributed by atoms with Gasteiger partial charge in [0.25, 0.3) is 5.91 Å². The third kappa shape index (κ3) is 8.81. The largest absolute Gasteiger partial charge is 0.506 e. The van der Waals surface area contributed by atoms with Gasteiger partial charge in [0.2, 0.25) is 5.91 Å². The van der Waals surface area contributed by atoms with Crippen LogP contribution in [0.5, 0.6) is 11.5 Å². The number of hydrogen-bond acceptors (Lipinski definition) is 6. The number of anilines is 1. The number of carbonyl (C=O) groups excluding carboxylic acids is 2. The zero-order valence-corrected chi connectivity index (χ0v) is 23.7. The molecule has 2 aromatic carbocycles. The highest BCUT2D eigenvalue weighted by Crippen LogP contribution is 2.39. The summed E-state index contributed by atoms with van der Waals surface area (Å²) in [7, 11) is 0. The summed E-state index contributed by atoms with van der Waals surface area (Å²) in [4.78, 5) is 27.0. The maximum Gasteiger partial charge on any atom is 0.262 e. The van der Waals surface area contributed by atoms with E-state index >= 15 is 0 Å². The molecule has 4 rings (SSSR count). The maximum atomic E-state index is 13.5. The van der Waals surface area contributed by atoms with Crippen molar-refractivity contribution in [1.82, 2.24) is 15.5 Å². The van der Waals surface area contributed by atoms with Gasteiger partial charge in [0.15, 0.2) is 12.4 Å². The predicted molar refractivity (Wildman–Crippen MR) is 155 cm³/mol. The Labute approximate surface area is 240 Å². The lowest BCUT2D eigenvalue weighted by Gasteiger charge is -2.32. The van der Waals surface area contributed by atoms with E-state index in [1.165, 1.54) is 25.0 Å². The molecule has 1 fully saturated rings. The second kappa shape index (κ2) is 15.2. The van der Waals surface area contributed by atoms with E-state index in [2.05, 4.69) is 20.9 Å². The molecule has 218 valence electrons. The molecule has 1 aliphatic heterocycles. The number of ether oxygens (including phenoxy) is 1. The molecule has 0 unspecified atom stereocenters. The fourth-order valence-corrected chi connectivity index (χ4v) is 5.74. The van der Waals surface area contributed by atoms with Crippen molar-refractivity contribution in [3.8, 4) is 11.5 Å². The normalized spacial score (nSPS) is 15.6. The lowest BCUT2D eigenvalue weighted by atomic mass is 10.1. The molecule has 4 N–H and O–H groups in total. The molecule has 0 atom stereocenters. The van der Waals surface area contributed by atoms with Gasteiger partial charge in [0.1, 0.15) is 17.3 Å². The molecule has 2 amide bonds. The Kier molecular flexibility index (Phi) is 11.4. The molecule has 0 saturated heterocycles. The SMILES string of the molecule is O=C1COc2c(CCNCCN(C(=O)CCNCCc3cc(F)cc(Cl)c3)C3CCCCCC3)ccc(O)c2N1. The molecule has 0 bridgehead atoms. The van der Waals surface area contributed by atoms with Crippen LogP contribution in [0.25, 0.3) is 0 Å². The van der Waals surface area contributed by atoms with Gasteiger partial charge in [-0.25, -0.2) is 4.39 Å². The Hall–Kier alpha value is -2.88. The number of carbonyl (C=O) groups is 2. The molecular weight excluding hydrogens is 535 g/mol. The molecule has 2 aromatic rings. The third-order valence-corrected chi connectivity index (χ3v) is 7.76. The fourth-order valence-electron chi connectivity index (χ4n) is 5.49. The summed E-state index contributed by atoms with van der Waals surface area (Å²) in [5, 5.41) is 19.9. The second-order valence-corrected chi connectivity index (χ2v) is 11.0. The molecule has 1 heterocycles. The van der Waals surface area contributed by atoms with E-state index in [1.54, 1.807) is 12.1 Å². The van der Waals surface area contributed by atoms with Crippen molar-refractivity contribution in [3.05, 3.63) is 52.3 Å². The van der Waals surface area contributed by atoms with E-state index in [0.29, 0.717) is 68.4 Å². The number of rotatable bonds is 13. The molecule has 1 saturated carbocycles. The van der Waals surface area contributed by atoms with Gasteiger partial charge in [-0.05, 0) is 74.2 Å². The minimum atomic E-state index is -0.338. The summed E-state index contributed by atoms with van der Waals surface area (Å²) in [5.41, 5.74) is 2.06. The molecule has 0 radical (unpaired) electrons. The van der Waals surface area contributed by atoms with E-state index in [-0.39, 0.29) is 36.0 Å². The van der Waals surface area contributed by atoms with E-state index in [4.69, 9.17) is 16.3 Å². The number of nitrogens with one attached hydrogen (secondary N) is 3. The number of hydrogen-bond donors (Lipinski definition) is 4. The number of amides is 2. The summed E-state index contributed by atoms with van der Waals surface area (Å²) < 4.78 is 19.1. The molecule has 10 heteroatoms. The van der Waals surface area contributed by atoms with Gasteiger partial charge < -0.3 is 30.7 Å². The highest BCUT2D eigenvalue weighted by atomic mass is 35.5. The summed E-state index contributed by atoms with van der Waals surface area (Å²) in [6.07, 6.45) is 8.56. The van der Waals surface area contributed by atoms with Crippen LogP contribution in [0.3, 0.4) is 0 Å². The van der Waals surface area contributed by atoms with Gasteiger partial charge in [-0.15, -0.1) is 0 Å². The standard InChI is InChI=1S/C30H40ClFN4O4/c31-23-17-21(18-24(32)19-23)9-12-33-14-11-28(39)36(25-5-3-1-2-4-6-25)16-15-34-13-10-22-7-8-26(37)29-30(22)40-20-27(38)35-29/h7-8,17-19,25,33-34,37H,1-6,9-16,20H2,(H,35,38). The number of aromatic hydroxyl groups is 1. The average molecular weight is 575 g/mol. The van der Waals surface area contributed by atoms with Crippen LogP contribution in [0, 0.1) is 5.82 Å². The lowest BCUT2D eigenvalue weighted by Crippen LogP contribution is -2.45. The smallest absolute Gasteiger partial charge is 0.262 e. The molecule has 1 aliphatic carbocycles. The quantitative estimate of drug-likeness (QED) is 0.160. The molecule has 8 nitrogen and oxygen atoms in total. The zero-order chi connectivity index (χ0) is 28.3. The van der Waals surface area contributed by atoms with Crippen LogP contribution in [0.2, 0.25) is 5.02 Å². The molecule has 40 heavy (non-hydrogen) atoms. The summed E-state index contributed by atoms with van der Waals surface area (Å²) in [5.74, 6) is 0.0456. The molecule has 0 spiro atoms. The first-order valence-electron chi connectivity index (χ1n) is 14.3. The van der Waals surface area contributed by atoms with Gasteiger partial charge >= 0.3 is 0 Å². The van der Waals surface area contributed by atoms with Crippen molar-refractivity contribution in [2.24, 2.45) is 0 Å². The van der Waals surface area contributed by atoms with Crippen LogP contribution in [-0.4, -0.2) is 67.2 Å². The van der Waals surface area contributed by atoms with Gasteiger partial charge in [0.05, 0.1) is 0 Å². The number of phenolic OH excluding ortho intramolecular Hbond substituents is 1. The first kappa shape index (κ1) is 30.1. The van der Waals surface area contributed by atoms with Crippen molar-refractivity contribution >= 4 is 29.1 Å². The first-order chi connectivity index (χ1) is 19.4. The Morgan fingerprint density at radius 3 is 2.58 bits per heavy atom. The van der Waals surface area contributed by atoms with Crippen molar-refractivity contribution in [1.29, 1.82) is 0 Å². The minimum absolute atomic E-state index is 0.00911. The lowest BCUT2D eigenvalue weighted by molar-refractivity contribution is -0.133. The van der Waals surface area contributed by atoms with Crippen LogP contribution in [-0.2, 0) is 22.4 Å². The van der Waals surface area contributed by atoms with Crippen molar-refractivity contribution in [2.75, 3.05) is 44.6 Å². The van der Waals surface area contributed by atoms with Gasteiger partial charge in [-0.3, -0.25) is 9.59 Å². The van der Waals surface area contributed by atoms with Gasteiger partial charge in [0, 0.05) is 37.1 Å². The minimum Gasteiger partial charge on any atom is -0.506 e. The number of fused-ring (bicyclic) bond motifs is 1. The summed E-state index contributed by atoms with van der Waals surface area (Å²) >= 11 is 5.94. The maximum absolute atomic E-state index is 13.5. The van der Waals surface area contributed by atoms with E-state index < -0.39 is 0 Å². The van der Waals surface area contributed by atoms with Gasteiger partial charge in [-0.1, -0.05) is 43.4 Å². The van der Waals surface area contributed by atoms with E-state index in [1.807, 2.05) is 6.07 Å². The Bertz CT molecular complexity index is 1140. The van der Waals surface area contributed by atoms with Crippen LogP contribution in [0.1, 0.15) is 56.1 Å². The zero-order valence-electron chi connectivity index (χ0n) is 22.9. The summed E-state index contributed by atoms with van der Waals surface area (Å²) in [6.45, 7) is 3.14. The van der Waals surface area contributed by atoms with Crippen LogP contribution < -0.4 is 20.7 Å². The fraction of sp³-hybridized carbons (Fsp3) is 0.533. The van der Waals surface area contributed by atoms with Gasteiger partial charge in [-0.2, -0.15) is 0 Å². The van der Waals surface area contributed by atoms with E-state index in [9.17, 15) is 19.1 Å². The number of phenols is 1. The third-order valence-electron chi connectivity index (χ3n) is 7.54. The highest BCUT2D eigenvalue weighted by Gasteiger charge is 2.25. The monoisotopic (exact) mass is 574 g/mol. The Balaban J connectivity index is 1.23. The van der Waals surface area contributed by atoms with E-state index in [0.717, 1.165) is 36.8 Å². The molecular formula is C30H40ClFN4O4. The van der Waals surface area contributed by atoms with Crippen molar-refractivity contribution in [3.63, 3.8) is 0 Å². The first-order valence-corrected chi connectivity index (χ1v) is 14.7. The summed E-state index contributed by atoms with van der Waals surface area (Å²) in [6, 6.07) is 8.19. The Morgan fingerprint density at radius 2 is 1.80 bits per heavy atom. The Morgan fingerprint density at radius 1 is 1.05 bits per heavy atom. The molecule has 0 aromatic heterocycles. The van der Waals surface area contributed by atoms with Crippen LogP contribution in [0.15, 0.2) is 30.3 Å². The van der Waals surface area contributed by atoms with Crippen LogP contribution >= 0.6 is 11.6 Å². The topological polar surface area (TPSA) is 103 Å². The average Bonchev–Trinajstić information content (AvgIpc) is 3.20. The highest BCUT2D eigenvalue weighted by molar-refractivity contribution is 6.30. The predicted octanol–water partition coefficient (Wildman–Crippen LogP) is 4.42. The van der Waals surface area contributed by atoms with Crippen molar-refractivity contribution in [2.45, 2.75) is 63.8 Å².